The number of hydrogen-bond acceptors (Lipinski definition) is 1. The third-order valence-electron chi connectivity index (χ3n) is 3.47. The highest BCUT2D eigenvalue weighted by atomic mass is 19.1. The molecule has 0 radical (unpaired) electrons. The van der Waals surface area contributed by atoms with Crippen molar-refractivity contribution in [2.24, 2.45) is 0 Å². The minimum atomic E-state index is -0.227. The lowest BCUT2D eigenvalue weighted by molar-refractivity contribution is 0.476. The molecule has 0 spiro atoms. The summed E-state index contributed by atoms with van der Waals surface area (Å²) >= 11 is 0. The molecule has 0 bridgehead atoms. The standard InChI is InChI=1S/C21H23FO/c1-5-6-7-10-13-20-14-15-21(19(4)18(20)3)23-16-11-8-9-12-17(2)22/h1,6-9,11-12,14-16H,10,13H2,2-4H3/b7-6-,9-8-,16-11+,17-12+. The summed E-state index contributed by atoms with van der Waals surface area (Å²) in [5.74, 6) is 3.09. The highest BCUT2D eigenvalue weighted by Crippen LogP contribution is 2.25. The predicted octanol–water partition coefficient (Wildman–Crippen LogP) is 5.75. The molecule has 0 aliphatic rings. The van der Waals surface area contributed by atoms with Crippen LogP contribution in [0.1, 0.15) is 30.0 Å². The molecule has 1 aromatic rings. The van der Waals surface area contributed by atoms with Crippen molar-refractivity contribution in [2.75, 3.05) is 0 Å². The first-order valence-electron chi connectivity index (χ1n) is 7.58. The van der Waals surface area contributed by atoms with Gasteiger partial charge in [0.1, 0.15) is 5.75 Å². The SMILES string of the molecule is C#C/C=C\CCc1ccc(O/C=C/C=C\C=C(/C)F)c(C)c1C. The first-order valence-corrected chi connectivity index (χ1v) is 7.58. The smallest absolute Gasteiger partial charge is 0.129 e. The molecule has 23 heavy (non-hydrogen) atoms. The lowest BCUT2D eigenvalue weighted by Gasteiger charge is -2.12. The Morgan fingerprint density at radius 1 is 1.22 bits per heavy atom. The maximum absolute atomic E-state index is 12.5. The summed E-state index contributed by atoms with van der Waals surface area (Å²) in [5.41, 5.74) is 3.65. The summed E-state index contributed by atoms with van der Waals surface area (Å²) < 4.78 is 18.1. The lowest BCUT2D eigenvalue weighted by Crippen LogP contribution is -1.95. The molecule has 0 amide bonds. The fourth-order valence-electron chi connectivity index (χ4n) is 2.05. The van der Waals surface area contributed by atoms with E-state index in [0.29, 0.717) is 0 Å². The van der Waals surface area contributed by atoms with Crippen molar-refractivity contribution in [3.8, 4) is 18.1 Å². The average Bonchev–Trinajstić information content (AvgIpc) is 2.52. The summed E-state index contributed by atoms with van der Waals surface area (Å²) in [6, 6.07) is 4.06. The number of allylic oxidation sites excluding steroid dienone is 7. The van der Waals surface area contributed by atoms with E-state index in [1.54, 1.807) is 30.6 Å². The van der Waals surface area contributed by atoms with E-state index in [2.05, 4.69) is 18.9 Å². The quantitative estimate of drug-likeness (QED) is 0.354. The van der Waals surface area contributed by atoms with Gasteiger partial charge in [0.25, 0.3) is 0 Å². The number of halogens is 1. The molecule has 0 aliphatic heterocycles. The molecule has 1 rings (SSSR count). The van der Waals surface area contributed by atoms with Crippen molar-refractivity contribution in [1.82, 2.24) is 0 Å². The average molecular weight is 310 g/mol. The fraction of sp³-hybridized carbons (Fsp3) is 0.238. The summed E-state index contributed by atoms with van der Waals surface area (Å²) in [6.45, 7) is 5.55. The fourth-order valence-corrected chi connectivity index (χ4v) is 2.05. The maximum atomic E-state index is 12.5. The van der Waals surface area contributed by atoms with Gasteiger partial charge in [-0.25, -0.2) is 4.39 Å². The number of hydrogen-bond donors (Lipinski definition) is 0. The van der Waals surface area contributed by atoms with Crippen molar-refractivity contribution in [3.63, 3.8) is 0 Å². The Balaban J connectivity index is 2.68. The van der Waals surface area contributed by atoms with Crippen LogP contribution in [0.5, 0.6) is 5.75 Å². The van der Waals surface area contributed by atoms with E-state index >= 15 is 0 Å². The zero-order valence-corrected chi connectivity index (χ0v) is 14.0. The van der Waals surface area contributed by atoms with Gasteiger partial charge in [0, 0.05) is 0 Å². The van der Waals surface area contributed by atoms with E-state index in [4.69, 9.17) is 11.2 Å². The van der Waals surface area contributed by atoms with E-state index in [1.165, 1.54) is 24.1 Å². The first kappa shape index (κ1) is 18.5. The van der Waals surface area contributed by atoms with Gasteiger partial charge in [-0.15, -0.1) is 6.42 Å². The molecule has 0 saturated carbocycles. The van der Waals surface area contributed by atoms with Gasteiger partial charge in [0.2, 0.25) is 0 Å². The molecular formula is C21H23FO. The molecule has 1 aromatic carbocycles. The molecule has 0 heterocycles. The van der Waals surface area contributed by atoms with Gasteiger partial charge in [-0.3, -0.25) is 0 Å². The van der Waals surface area contributed by atoms with Crippen LogP contribution in [0.15, 0.2) is 60.7 Å². The molecule has 2 heteroatoms. The van der Waals surface area contributed by atoms with Crippen LogP contribution in [0.4, 0.5) is 4.39 Å². The second-order valence-corrected chi connectivity index (χ2v) is 5.17. The maximum Gasteiger partial charge on any atom is 0.129 e. The minimum absolute atomic E-state index is 0.227. The molecule has 1 nitrogen and oxygen atoms in total. The van der Waals surface area contributed by atoms with Gasteiger partial charge in [-0.1, -0.05) is 30.2 Å². The monoisotopic (exact) mass is 310 g/mol. The number of rotatable bonds is 7. The molecule has 0 unspecified atom stereocenters. The molecule has 0 saturated heterocycles. The highest BCUT2D eigenvalue weighted by molar-refractivity contribution is 5.44. The van der Waals surface area contributed by atoms with Crippen molar-refractivity contribution in [3.05, 3.63) is 77.4 Å². The number of ether oxygens (including phenoxy) is 1. The van der Waals surface area contributed by atoms with Gasteiger partial charge < -0.3 is 4.74 Å². The summed E-state index contributed by atoms with van der Waals surface area (Å²) in [5, 5.41) is 0. The molecule has 0 N–H and O–H groups in total. The molecule has 0 aromatic heterocycles. The van der Waals surface area contributed by atoms with E-state index in [0.717, 1.165) is 24.2 Å². The Labute approximate surface area is 138 Å². The number of aryl methyl sites for hydroxylation is 1. The Hall–Kier alpha value is -2.53. The summed E-state index contributed by atoms with van der Waals surface area (Å²) in [4.78, 5) is 0. The second kappa shape index (κ2) is 10.2. The zero-order chi connectivity index (χ0) is 17.1. The van der Waals surface area contributed by atoms with Crippen molar-refractivity contribution in [2.45, 2.75) is 33.6 Å². The van der Waals surface area contributed by atoms with Crippen molar-refractivity contribution >= 4 is 0 Å². The topological polar surface area (TPSA) is 9.23 Å². The first-order chi connectivity index (χ1) is 11.1. The van der Waals surface area contributed by atoms with Crippen LogP contribution in [0.3, 0.4) is 0 Å². The van der Waals surface area contributed by atoms with E-state index < -0.39 is 0 Å². The Kier molecular flexibility index (Phi) is 8.24. The van der Waals surface area contributed by atoms with Gasteiger partial charge in [0.15, 0.2) is 0 Å². The van der Waals surface area contributed by atoms with Crippen LogP contribution >= 0.6 is 0 Å². The van der Waals surface area contributed by atoms with Gasteiger partial charge in [-0.2, -0.15) is 0 Å². The lowest BCUT2D eigenvalue weighted by atomic mass is 9.99. The molecule has 0 atom stereocenters. The van der Waals surface area contributed by atoms with Crippen LogP contribution < -0.4 is 4.74 Å². The van der Waals surface area contributed by atoms with Crippen LogP contribution in [-0.4, -0.2) is 0 Å². The molecule has 0 fully saturated rings. The van der Waals surface area contributed by atoms with E-state index in [9.17, 15) is 4.39 Å². The second-order valence-electron chi connectivity index (χ2n) is 5.17. The van der Waals surface area contributed by atoms with Gasteiger partial charge >= 0.3 is 0 Å². The Morgan fingerprint density at radius 2 is 2.00 bits per heavy atom. The summed E-state index contributed by atoms with van der Waals surface area (Å²) in [6.07, 6.45) is 18.9. The predicted molar refractivity (Wildman–Crippen MR) is 96.0 cm³/mol. The van der Waals surface area contributed by atoms with Gasteiger partial charge in [0.05, 0.1) is 12.1 Å². The molecular weight excluding hydrogens is 287 g/mol. The highest BCUT2D eigenvalue weighted by Gasteiger charge is 2.06. The van der Waals surface area contributed by atoms with Crippen LogP contribution in [0.25, 0.3) is 0 Å². The largest absolute Gasteiger partial charge is 0.465 e. The third kappa shape index (κ3) is 6.84. The number of terminal acetylenes is 1. The van der Waals surface area contributed by atoms with Crippen LogP contribution in [0.2, 0.25) is 0 Å². The van der Waals surface area contributed by atoms with Crippen LogP contribution in [-0.2, 0) is 6.42 Å². The molecule has 120 valence electrons. The summed E-state index contributed by atoms with van der Waals surface area (Å²) in [7, 11) is 0. The van der Waals surface area contributed by atoms with Gasteiger partial charge in [-0.05, 0) is 74.6 Å². The van der Waals surface area contributed by atoms with E-state index in [-0.39, 0.29) is 5.83 Å². The van der Waals surface area contributed by atoms with Crippen LogP contribution in [0, 0.1) is 26.2 Å². The Morgan fingerprint density at radius 3 is 2.70 bits per heavy atom. The normalized spacial score (nSPS) is 12.4. The minimum Gasteiger partial charge on any atom is -0.465 e. The number of benzene rings is 1. The third-order valence-corrected chi connectivity index (χ3v) is 3.47. The molecule has 0 aliphatic carbocycles. The van der Waals surface area contributed by atoms with Crippen molar-refractivity contribution in [1.29, 1.82) is 0 Å². The zero-order valence-electron chi connectivity index (χ0n) is 14.0. The van der Waals surface area contributed by atoms with Crippen molar-refractivity contribution < 1.29 is 9.13 Å². The van der Waals surface area contributed by atoms with E-state index in [1.807, 2.05) is 19.1 Å². The Bertz CT molecular complexity index is 666.